The van der Waals surface area contributed by atoms with E-state index in [9.17, 15) is 0 Å². The van der Waals surface area contributed by atoms with Crippen molar-refractivity contribution in [3.63, 3.8) is 0 Å². The molecule has 4 N–H and O–H groups in total. The lowest BCUT2D eigenvalue weighted by atomic mass is 10.1. The first-order chi connectivity index (χ1) is 15.6. The summed E-state index contributed by atoms with van der Waals surface area (Å²) in [6.45, 7) is 2.01. The second-order valence-corrected chi connectivity index (χ2v) is 9.18. The van der Waals surface area contributed by atoms with Crippen molar-refractivity contribution < 1.29 is 0 Å². The van der Waals surface area contributed by atoms with Crippen LogP contribution in [0.15, 0.2) is 53.8 Å². The Morgan fingerprint density at radius 3 is 2.84 bits per heavy atom. The quantitative estimate of drug-likeness (QED) is 0.496. The Hall–Kier alpha value is -3.43. The standard InChI is InChI=1S/C23H22N8S/c1-13-29-30(12-32-13)20-9-8-19-23(28-20)31(22(27-19)17-3-2-10-26-21(17)25)15-5-6-16-14(11-15)4-7-18(16)24/h2-3,5-6,8-11,18H,4,7,12,24H2,1H3,(H2,25,26)/t18-/m0/s1. The molecule has 0 unspecified atom stereocenters. The average molecular weight is 443 g/mol. The summed E-state index contributed by atoms with van der Waals surface area (Å²) in [4.78, 5) is 14.2. The molecule has 6 rings (SSSR count). The number of aryl methyl sites for hydroxylation is 1. The van der Waals surface area contributed by atoms with Gasteiger partial charge in [0, 0.05) is 17.9 Å². The Labute approximate surface area is 189 Å². The molecule has 1 aliphatic carbocycles. The van der Waals surface area contributed by atoms with Gasteiger partial charge < -0.3 is 11.5 Å². The van der Waals surface area contributed by atoms with Gasteiger partial charge in [-0.2, -0.15) is 5.10 Å². The number of pyridine rings is 2. The number of anilines is 2. The molecule has 9 heteroatoms. The molecular weight excluding hydrogens is 420 g/mol. The number of hydrogen-bond acceptors (Lipinski definition) is 8. The van der Waals surface area contributed by atoms with E-state index in [0.717, 1.165) is 52.0 Å². The Bertz CT molecular complexity index is 1390. The lowest BCUT2D eigenvalue weighted by Crippen LogP contribution is -2.12. The highest BCUT2D eigenvalue weighted by Gasteiger charge is 2.23. The molecule has 2 aliphatic rings. The van der Waals surface area contributed by atoms with E-state index in [1.165, 1.54) is 11.1 Å². The first-order valence-corrected chi connectivity index (χ1v) is 11.5. The van der Waals surface area contributed by atoms with Crippen molar-refractivity contribution in [2.45, 2.75) is 25.8 Å². The summed E-state index contributed by atoms with van der Waals surface area (Å²) >= 11 is 1.70. The van der Waals surface area contributed by atoms with E-state index in [2.05, 4.69) is 32.9 Å². The Morgan fingerprint density at radius 1 is 1.12 bits per heavy atom. The summed E-state index contributed by atoms with van der Waals surface area (Å²) in [5, 5.41) is 7.52. The third kappa shape index (κ3) is 3.04. The predicted octanol–water partition coefficient (Wildman–Crippen LogP) is 3.85. The summed E-state index contributed by atoms with van der Waals surface area (Å²) in [5.41, 5.74) is 18.3. The lowest BCUT2D eigenvalue weighted by Gasteiger charge is -2.14. The molecule has 0 spiro atoms. The summed E-state index contributed by atoms with van der Waals surface area (Å²) in [7, 11) is 0. The zero-order valence-corrected chi connectivity index (χ0v) is 18.4. The number of aromatic nitrogens is 4. The van der Waals surface area contributed by atoms with E-state index in [1.54, 1.807) is 18.0 Å². The molecule has 1 atom stereocenters. The van der Waals surface area contributed by atoms with E-state index < -0.39 is 0 Å². The molecule has 8 nitrogen and oxygen atoms in total. The van der Waals surface area contributed by atoms with Crippen LogP contribution in [0.5, 0.6) is 0 Å². The van der Waals surface area contributed by atoms with Gasteiger partial charge in [-0.25, -0.2) is 20.0 Å². The van der Waals surface area contributed by atoms with Crippen LogP contribution < -0.4 is 16.5 Å². The van der Waals surface area contributed by atoms with Crippen molar-refractivity contribution in [2.24, 2.45) is 10.8 Å². The minimum atomic E-state index is 0.102. The molecule has 1 aliphatic heterocycles. The van der Waals surface area contributed by atoms with Crippen molar-refractivity contribution in [3.8, 4) is 17.1 Å². The number of benzene rings is 1. The van der Waals surface area contributed by atoms with Crippen molar-refractivity contribution in [3.05, 3.63) is 59.8 Å². The van der Waals surface area contributed by atoms with Crippen LogP contribution in [-0.4, -0.2) is 30.4 Å². The van der Waals surface area contributed by atoms with Gasteiger partial charge in [0.1, 0.15) is 11.3 Å². The normalized spacial score (nSPS) is 17.8. The van der Waals surface area contributed by atoms with Gasteiger partial charge in [0.15, 0.2) is 17.3 Å². The SMILES string of the molecule is CC1=NN(c2ccc3nc(-c4cccnc4N)n(-c4ccc5c(c4)CC[C@@H]5N)c3n2)CS1. The molecule has 0 amide bonds. The molecular formula is C23H22N8S. The van der Waals surface area contributed by atoms with Crippen LogP contribution in [0.25, 0.3) is 28.2 Å². The molecule has 1 aromatic carbocycles. The second-order valence-electron chi connectivity index (χ2n) is 8.04. The molecule has 0 saturated heterocycles. The molecule has 0 bridgehead atoms. The number of fused-ring (bicyclic) bond motifs is 2. The number of thioether (sulfide) groups is 1. The van der Waals surface area contributed by atoms with Gasteiger partial charge in [-0.1, -0.05) is 17.8 Å². The average Bonchev–Trinajstić information content (AvgIpc) is 3.50. The minimum absolute atomic E-state index is 0.102. The van der Waals surface area contributed by atoms with Crippen molar-refractivity contribution in [2.75, 3.05) is 16.6 Å². The molecule has 0 radical (unpaired) electrons. The number of rotatable bonds is 3. The fourth-order valence-corrected chi connectivity index (χ4v) is 5.05. The van der Waals surface area contributed by atoms with Gasteiger partial charge >= 0.3 is 0 Å². The summed E-state index contributed by atoms with van der Waals surface area (Å²) in [6.07, 6.45) is 3.63. The zero-order chi connectivity index (χ0) is 21.8. The molecule has 4 aromatic rings. The molecule has 3 aromatic heterocycles. The van der Waals surface area contributed by atoms with Crippen molar-refractivity contribution in [1.29, 1.82) is 0 Å². The first kappa shape index (κ1) is 19.3. The smallest absolute Gasteiger partial charge is 0.167 e. The van der Waals surface area contributed by atoms with Crippen LogP contribution in [0.3, 0.4) is 0 Å². The molecule has 0 saturated carbocycles. The topological polar surface area (TPSA) is 111 Å². The van der Waals surface area contributed by atoms with E-state index in [0.29, 0.717) is 11.6 Å². The van der Waals surface area contributed by atoms with Crippen LogP contribution in [0.4, 0.5) is 11.6 Å². The number of imidazole rings is 1. The first-order valence-electron chi connectivity index (χ1n) is 10.5. The number of nitrogen functional groups attached to an aromatic ring is 1. The highest BCUT2D eigenvalue weighted by molar-refractivity contribution is 8.14. The monoisotopic (exact) mass is 442 g/mol. The lowest BCUT2D eigenvalue weighted by molar-refractivity contribution is 0.713. The highest BCUT2D eigenvalue weighted by Crippen LogP contribution is 2.35. The van der Waals surface area contributed by atoms with Crippen LogP contribution in [0.1, 0.15) is 30.5 Å². The largest absolute Gasteiger partial charge is 0.383 e. The fraction of sp³-hybridized carbons (Fsp3) is 0.217. The maximum absolute atomic E-state index is 6.27. The molecule has 160 valence electrons. The third-order valence-corrected chi connectivity index (χ3v) is 6.87. The second kappa shape index (κ2) is 7.32. The summed E-state index contributed by atoms with van der Waals surface area (Å²) in [6, 6.07) is 14.3. The van der Waals surface area contributed by atoms with E-state index in [-0.39, 0.29) is 6.04 Å². The summed E-state index contributed by atoms with van der Waals surface area (Å²) in [5.74, 6) is 2.69. The highest BCUT2D eigenvalue weighted by atomic mass is 32.2. The van der Waals surface area contributed by atoms with Gasteiger partial charge in [0.05, 0.1) is 16.5 Å². The predicted molar refractivity (Wildman–Crippen MR) is 130 cm³/mol. The molecule has 4 heterocycles. The van der Waals surface area contributed by atoms with Gasteiger partial charge in [0.25, 0.3) is 0 Å². The zero-order valence-electron chi connectivity index (χ0n) is 17.6. The number of hydrazone groups is 1. The maximum Gasteiger partial charge on any atom is 0.167 e. The Kier molecular flexibility index (Phi) is 4.41. The van der Waals surface area contributed by atoms with E-state index >= 15 is 0 Å². The van der Waals surface area contributed by atoms with Gasteiger partial charge in [-0.3, -0.25) is 4.57 Å². The summed E-state index contributed by atoms with van der Waals surface area (Å²) < 4.78 is 2.07. The Balaban J connectivity index is 1.60. The third-order valence-electron chi connectivity index (χ3n) is 6.00. The molecule has 0 fully saturated rings. The van der Waals surface area contributed by atoms with Crippen LogP contribution >= 0.6 is 11.8 Å². The van der Waals surface area contributed by atoms with Gasteiger partial charge in [0.2, 0.25) is 0 Å². The van der Waals surface area contributed by atoms with E-state index in [1.807, 2.05) is 36.2 Å². The fourth-order valence-electron chi connectivity index (χ4n) is 4.40. The van der Waals surface area contributed by atoms with Crippen LogP contribution in [0, 0.1) is 0 Å². The van der Waals surface area contributed by atoms with Crippen LogP contribution in [-0.2, 0) is 6.42 Å². The van der Waals surface area contributed by atoms with Gasteiger partial charge in [-0.15, -0.1) is 0 Å². The van der Waals surface area contributed by atoms with Crippen molar-refractivity contribution >= 4 is 39.6 Å². The Morgan fingerprint density at radius 2 is 2.03 bits per heavy atom. The van der Waals surface area contributed by atoms with Crippen molar-refractivity contribution in [1.82, 2.24) is 19.5 Å². The van der Waals surface area contributed by atoms with Crippen LogP contribution in [0.2, 0.25) is 0 Å². The minimum Gasteiger partial charge on any atom is -0.383 e. The maximum atomic E-state index is 6.27. The number of nitrogens with two attached hydrogens (primary N) is 2. The van der Waals surface area contributed by atoms with Gasteiger partial charge in [-0.05, 0) is 67.3 Å². The number of hydrogen-bond donors (Lipinski definition) is 2. The van der Waals surface area contributed by atoms with E-state index in [4.69, 9.17) is 21.4 Å². The molecule has 32 heavy (non-hydrogen) atoms. The number of nitrogens with zero attached hydrogens (tertiary/aromatic N) is 6.